The first kappa shape index (κ1) is 13.8. The van der Waals surface area contributed by atoms with Gasteiger partial charge in [-0.05, 0) is 36.6 Å². The zero-order chi connectivity index (χ0) is 14.5. The number of aromatic carboxylic acids is 1. The fourth-order valence-electron chi connectivity index (χ4n) is 2.06. The molecule has 0 radical (unpaired) electrons. The Labute approximate surface area is 118 Å². The van der Waals surface area contributed by atoms with Crippen molar-refractivity contribution in [3.63, 3.8) is 0 Å². The predicted octanol–water partition coefficient (Wildman–Crippen LogP) is 3.54. The van der Waals surface area contributed by atoms with Gasteiger partial charge in [-0.3, -0.25) is 0 Å². The smallest absolute Gasteiger partial charge is 0.335 e. The molecule has 20 heavy (non-hydrogen) atoms. The summed E-state index contributed by atoms with van der Waals surface area (Å²) >= 11 is 0. The number of nitrogens with zero attached hydrogens (tertiary/aromatic N) is 1. The van der Waals surface area contributed by atoms with Gasteiger partial charge in [0.1, 0.15) is 0 Å². The summed E-state index contributed by atoms with van der Waals surface area (Å²) in [6, 6.07) is 16.9. The molecule has 1 unspecified atom stereocenters. The Hall–Kier alpha value is -2.60. The second kappa shape index (κ2) is 6.03. The van der Waals surface area contributed by atoms with Gasteiger partial charge in [-0.15, -0.1) is 0 Å². The van der Waals surface area contributed by atoms with Crippen molar-refractivity contribution in [2.24, 2.45) is 0 Å². The highest BCUT2D eigenvalue weighted by molar-refractivity contribution is 5.87. The monoisotopic (exact) mass is 265 g/mol. The highest BCUT2D eigenvalue weighted by Gasteiger charge is 2.12. The zero-order valence-electron chi connectivity index (χ0n) is 11.2. The largest absolute Gasteiger partial charge is 0.478 e. The zero-order valence-corrected chi connectivity index (χ0v) is 11.2. The van der Waals surface area contributed by atoms with E-state index in [4.69, 9.17) is 5.11 Å². The molecule has 2 aromatic carbocycles. The number of rotatable bonds is 4. The Kier molecular flexibility index (Phi) is 4.17. The third kappa shape index (κ3) is 3.24. The maximum Gasteiger partial charge on any atom is 0.335 e. The molecule has 3 heteroatoms. The molecule has 100 valence electrons. The van der Waals surface area contributed by atoms with E-state index in [9.17, 15) is 10.1 Å². The fourth-order valence-corrected chi connectivity index (χ4v) is 2.06. The molecule has 0 amide bonds. The fraction of sp³-hybridized carbons (Fsp3) is 0.176. The molecule has 1 atom stereocenters. The molecular weight excluding hydrogens is 250 g/mol. The van der Waals surface area contributed by atoms with Crippen molar-refractivity contribution < 1.29 is 9.90 Å². The highest BCUT2D eigenvalue weighted by atomic mass is 16.4. The van der Waals surface area contributed by atoms with Gasteiger partial charge in [0.15, 0.2) is 0 Å². The first-order valence-electron chi connectivity index (χ1n) is 6.38. The molecule has 0 saturated carbocycles. The Balaban J connectivity index is 2.16. The van der Waals surface area contributed by atoms with Crippen LogP contribution in [0.5, 0.6) is 0 Å². The number of nitriles is 1. The van der Waals surface area contributed by atoms with Gasteiger partial charge in [0, 0.05) is 0 Å². The lowest BCUT2D eigenvalue weighted by molar-refractivity contribution is 0.0697. The van der Waals surface area contributed by atoms with Crippen molar-refractivity contribution in [3.8, 4) is 6.07 Å². The quantitative estimate of drug-likeness (QED) is 0.919. The van der Waals surface area contributed by atoms with Crippen molar-refractivity contribution >= 4 is 5.97 Å². The van der Waals surface area contributed by atoms with E-state index < -0.39 is 5.97 Å². The van der Waals surface area contributed by atoms with Gasteiger partial charge in [0.25, 0.3) is 0 Å². The molecule has 0 fully saturated rings. The van der Waals surface area contributed by atoms with Gasteiger partial charge in [0.05, 0.1) is 17.6 Å². The SMILES string of the molecule is Cc1ccc(C(C#N)Cc2ccc(C(=O)O)cc2)cc1. The average molecular weight is 265 g/mol. The molecule has 0 aliphatic carbocycles. The first-order chi connectivity index (χ1) is 9.60. The van der Waals surface area contributed by atoms with Crippen LogP contribution in [-0.2, 0) is 6.42 Å². The van der Waals surface area contributed by atoms with Crippen LogP contribution in [0.25, 0.3) is 0 Å². The topological polar surface area (TPSA) is 61.1 Å². The Bertz CT molecular complexity index is 636. The van der Waals surface area contributed by atoms with Gasteiger partial charge in [-0.25, -0.2) is 4.79 Å². The Morgan fingerprint density at radius 3 is 2.25 bits per heavy atom. The minimum atomic E-state index is -0.938. The number of hydrogen-bond acceptors (Lipinski definition) is 2. The second-order valence-electron chi connectivity index (χ2n) is 4.80. The highest BCUT2D eigenvalue weighted by Crippen LogP contribution is 2.21. The normalized spacial score (nSPS) is 11.6. The van der Waals surface area contributed by atoms with Gasteiger partial charge < -0.3 is 5.11 Å². The van der Waals surface area contributed by atoms with Crippen molar-refractivity contribution in [2.75, 3.05) is 0 Å². The molecule has 0 aliphatic heterocycles. The number of carboxylic acids is 1. The lowest BCUT2D eigenvalue weighted by Gasteiger charge is -2.10. The van der Waals surface area contributed by atoms with Crippen LogP contribution in [0.15, 0.2) is 48.5 Å². The Morgan fingerprint density at radius 1 is 1.15 bits per heavy atom. The summed E-state index contributed by atoms with van der Waals surface area (Å²) in [5, 5.41) is 18.2. The molecule has 0 aromatic heterocycles. The van der Waals surface area contributed by atoms with E-state index in [0.29, 0.717) is 6.42 Å². The van der Waals surface area contributed by atoms with Gasteiger partial charge in [-0.1, -0.05) is 42.0 Å². The molecule has 1 N–H and O–H groups in total. The standard InChI is InChI=1S/C17H15NO2/c1-12-2-6-14(7-3-12)16(11-18)10-13-4-8-15(9-5-13)17(19)20/h2-9,16H,10H2,1H3,(H,19,20). The van der Waals surface area contributed by atoms with E-state index in [1.807, 2.05) is 31.2 Å². The number of benzene rings is 2. The summed E-state index contributed by atoms with van der Waals surface area (Å²) in [4.78, 5) is 10.8. The summed E-state index contributed by atoms with van der Waals surface area (Å²) in [5.41, 5.74) is 3.37. The molecule has 0 bridgehead atoms. The van der Waals surface area contributed by atoms with E-state index >= 15 is 0 Å². The maximum atomic E-state index is 10.8. The van der Waals surface area contributed by atoms with Crippen molar-refractivity contribution in [1.82, 2.24) is 0 Å². The average Bonchev–Trinajstić information content (AvgIpc) is 2.46. The summed E-state index contributed by atoms with van der Waals surface area (Å²) in [7, 11) is 0. The van der Waals surface area contributed by atoms with Crippen LogP contribution in [-0.4, -0.2) is 11.1 Å². The third-order valence-electron chi connectivity index (χ3n) is 3.28. The van der Waals surface area contributed by atoms with E-state index in [1.165, 1.54) is 0 Å². The number of carboxylic acid groups (broad SMARTS) is 1. The van der Waals surface area contributed by atoms with Crippen LogP contribution in [0.2, 0.25) is 0 Å². The van der Waals surface area contributed by atoms with Crippen LogP contribution in [0.3, 0.4) is 0 Å². The van der Waals surface area contributed by atoms with Crippen LogP contribution >= 0.6 is 0 Å². The van der Waals surface area contributed by atoms with E-state index in [1.54, 1.807) is 24.3 Å². The second-order valence-corrected chi connectivity index (χ2v) is 4.80. The van der Waals surface area contributed by atoms with Crippen LogP contribution in [0.1, 0.15) is 33.0 Å². The molecule has 0 aliphatic rings. The molecule has 0 spiro atoms. The van der Waals surface area contributed by atoms with Crippen molar-refractivity contribution in [2.45, 2.75) is 19.3 Å². The maximum absolute atomic E-state index is 10.8. The number of hydrogen-bond donors (Lipinski definition) is 1. The summed E-state index contributed by atoms with van der Waals surface area (Å²) in [6.45, 7) is 2.01. The summed E-state index contributed by atoms with van der Waals surface area (Å²) < 4.78 is 0. The van der Waals surface area contributed by atoms with E-state index in [-0.39, 0.29) is 11.5 Å². The van der Waals surface area contributed by atoms with Crippen LogP contribution in [0.4, 0.5) is 0 Å². The number of carbonyl (C=O) groups is 1. The third-order valence-corrected chi connectivity index (χ3v) is 3.28. The molecular formula is C17H15NO2. The van der Waals surface area contributed by atoms with E-state index in [2.05, 4.69) is 6.07 Å². The first-order valence-corrected chi connectivity index (χ1v) is 6.38. The van der Waals surface area contributed by atoms with Crippen molar-refractivity contribution in [3.05, 3.63) is 70.8 Å². The lowest BCUT2D eigenvalue weighted by Crippen LogP contribution is -2.02. The van der Waals surface area contributed by atoms with Gasteiger partial charge >= 0.3 is 5.97 Å². The molecule has 2 rings (SSSR count). The summed E-state index contributed by atoms with van der Waals surface area (Å²) in [5.74, 6) is -1.15. The molecule has 0 heterocycles. The van der Waals surface area contributed by atoms with Crippen LogP contribution < -0.4 is 0 Å². The molecule has 3 nitrogen and oxygen atoms in total. The minimum Gasteiger partial charge on any atom is -0.478 e. The van der Waals surface area contributed by atoms with Gasteiger partial charge in [0.2, 0.25) is 0 Å². The molecule has 2 aromatic rings. The Morgan fingerprint density at radius 2 is 1.75 bits per heavy atom. The van der Waals surface area contributed by atoms with Gasteiger partial charge in [-0.2, -0.15) is 5.26 Å². The minimum absolute atomic E-state index is 0.216. The number of aryl methyl sites for hydroxylation is 1. The van der Waals surface area contributed by atoms with E-state index in [0.717, 1.165) is 16.7 Å². The predicted molar refractivity (Wildman–Crippen MR) is 76.6 cm³/mol. The summed E-state index contributed by atoms with van der Waals surface area (Å²) in [6.07, 6.45) is 0.583. The van der Waals surface area contributed by atoms with Crippen molar-refractivity contribution in [1.29, 1.82) is 5.26 Å². The lowest BCUT2D eigenvalue weighted by atomic mass is 9.92. The molecule has 0 saturated heterocycles. The van der Waals surface area contributed by atoms with Crippen LogP contribution in [0, 0.1) is 18.3 Å².